The van der Waals surface area contributed by atoms with Gasteiger partial charge in [0.25, 0.3) is 11.6 Å². The fourth-order valence-electron chi connectivity index (χ4n) is 6.28. The molecule has 0 aliphatic carbocycles. The van der Waals surface area contributed by atoms with Gasteiger partial charge in [0.1, 0.15) is 5.69 Å². The zero-order valence-electron chi connectivity index (χ0n) is 26.7. The number of fused-ring (bicyclic) bond motifs is 1. The van der Waals surface area contributed by atoms with Gasteiger partial charge in [-0.2, -0.15) is 0 Å². The monoisotopic (exact) mass is 660 g/mol. The lowest BCUT2D eigenvalue weighted by Gasteiger charge is -2.41. The average Bonchev–Trinajstić information content (AvgIpc) is 3.15. The smallest absolute Gasteiger partial charge is 0.275 e. The van der Waals surface area contributed by atoms with E-state index < -0.39 is 6.29 Å². The Morgan fingerprint density at radius 1 is 0.878 bits per heavy atom. The fourth-order valence-corrected chi connectivity index (χ4v) is 6.28. The lowest BCUT2D eigenvalue weighted by atomic mass is 9.99. The number of carbonyl (C=O) groups excluding carboxylic acids is 1. The molecule has 1 aromatic heterocycles. The van der Waals surface area contributed by atoms with Crippen molar-refractivity contribution in [2.24, 2.45) is 0 Å². The Balaban J connectivity index is 1.02. The third-order valence-corrected chi connectivity index (χ3v) is 9.00. The number of aliphatic hydroxyl groups is 1. The largest absolute Gasteiger partial charge is 0.392 e. The molecule has 7 rings (SSSR count). The van der Waals surface area contributed by atoms with Gasteiger partial charge in [-0.05, 0) is 47.5 Å². The summed E-state index contributed by atoms with van der Waals surface area (Å²) in [6.45, 7) is 3.95. The summed E-state index contributed by atoms with van der Waals surface area (Å²) in [5, 5.41) is 23.5. The van der Waals surface area contributed by atoms with Crippen molar-refractivity contribution in [1.29, 1.82) is 0 Å². The van der Waals surface area contributed by atoms with Crippen molar-refractivity contribution in [2.45, 2.75) is 31.5 Å². The number of aliphatic hydroxyl groups excluding tert-OH is 1. The number of non-ortho nitro benzene ring substituents is 1. The molecule has 2 aliphatic heterocycles. The van der Waals surface area contributed by atoms with Gasteiger partial charge >= 0.3 is 0 Å². The Hall–Kier alpha value is -5.27. The number of nitrogens with zero attached hydrogens (tertiary/aromatic N) is 5. The number of ether oxygens (including phenoxy) is 2. The van der Waals surface area contributed by atoms with E-state index in [0.717, 1.165) is 60.6 Å². The second-order valence-electron chi connectivity index (χ2n) is 12.2. The van der Waals surface area contributed by atoms with Crippen LogP contribution in [0, 0.1) is 10.1 Å². The number of aromatic nitrogens is 2. The maximum Gasteiger partial charge on any atom is 0.275 e. The second kappa shape index (κ2) is 14.5. The molecule has 0 saturated carbocycles. The van der Waals surface area contributed by atoms with Gasteiger partial charge in [0.15, 0.2) is 6.29 Å². The van der Waals surface area contributed by atoms with Crippen molar-refractivity contribution in [1.82, 2.24) is 14.9 Å². The molecule has 5 aromatic rings. The second-order valence-corrected chi connectivity index (χ2v) is 12.2. The minimum atomic E-state index is -0.626. The summed E-state index contributed by atoms with van der Waals surface area (Å²) in [4.78, 5) is 37.0. The van der Waals surface area contributed by atoms with Crippen molar-refractivity contribution in [2.75, 3.05) is 42.9 Å². The Morgan fingerprint density at radius 2 is 1.57 bits per heavy atom. The molecule has 0 radical (unpaired) electrons. The highest BCUT2D eigenvalue weighted by molar-refractivity contribution is 6.03. The van der Waals surface area contributed by atoms with Crippen molar-refractivity contribution in [3.63, 3.8) is 0 Å². The number of hydrogen-bond acceptors (Lipinski definition) is 10. The Kier molecular flexibility index (Phi) is 9.53. The van der Waals surface area contributed by atoms with Crippen LogP contribution in [-0.2, 0) is 16.1 Å². The van der Waals surface area contributed by atoms with Crippen LogP contribution in [0.5, 0.6) is 0 Å². The molecule has 2 saturated heterocycles. The number of nitro groups is 1. The van der Waals surface area contributed by atoms with Gasteiger partial charge < -0.3 is 24.8 Å². The molecule has 4 aromatic carbocycles. The van der Waals surface area contributed by atoms with E-state index in [0.29, 0.717) is 17.6 Å². The van der Waals surface area contributed by atoms with E-state index in [1.54, 1.807) is 24.3 Å². The summed E-state index contributed by atoms with van der Waals surface area (Å²) < 4.78 is 13.1. The van der Waals surface area contributed by atoms with E-state index in [9.17, 15) is 20.0 Å². The van der Waals surface area contributed by atoms with Crippen LogP contribution < -0.4 is 10.2 Å². The van der Waals surface area contributed by atoms with Crippen molar-refractivity contribution < 1.29 is 24.3 Å². The molecule has 12 nitrogen and oxygen atoms in total. The summed E-state index contributed by atoms with van der Waals surface area (Å²) in [5.41, 5.74) is 5.95. The average molecular weight is 661 g/mol. The van der Waals surface area contributed by atoms with Gasteiger partial charge in [0, 0.05) is 68.2 Å². The van der Waals surface area contributed by atoms with Crippen LogP contribution in [0.1, 0.15) is 46.0 Å². The Morgan fingerprint density at radius 3 is 2.27 bits per heavy atom. The molecule has 0 unspecified atom stereocenters. The minimum absolute atomic E-state index is 0.0255. The lowest BCUT2D eigenvalue weighted by Crippen LogP contribution is -2.49. The van der Waals surface area contributed by atoms with Crippen LogP contribution in [0.3, 0.4) is 0 Å². The van der Waals surface area contributed by atoms with Crippen LogP contribution in [-0.4, -0.2) is 69.6 Å². The standard InChI is InChI=1S/C37H36N6O6/c44-24-25-5-7-26(8-6-25)35-21-31(23-41-17-19-42(20-18-41)29-13-15-30(16-14-29)43(46)47)48-37(49-35)27-9-11-28(12-10-27)39-36(45)34-22-38-32-3-1-2-4-33(32)40-34/h1-16,22,31,35,37,44H,17-21,23-24H2,(H,39,45)/t31-,35+,37+/m1/s1. The molecule has 0 bridgehead atoms. The first-order valence-corrected chi connectivity index (χ1v) is 16.3. The Labute approximate surface area is 283 Å². The fraction of sp³-hybridized carbons (Fsp3) is 0.270. The number of nitrogens with one attached hydrogen (secondary N) is 1. The molecular weight excluding hydrogens is 624 g/mol. The lowest BCUT2D eigenvalue weighted by molar-refractivity contribution is -0.384. The van der Waals surface area contributed by atoms with Gasteiger partial charge in [-0.1, -0.05) is 48.5 Å². The highest BCUT2D eigenvalue weighted by Gasteiger charge is 2.34. The molecule has 0 spiro atoms. The van der Waals surface area contributed by atoms with Crippen molar-refractivity contribution in [3.8, 4) is 0 Å². The van der Waals surface area contributed by atoms with Gasteiger partial charge in [-0.25, -0.2) is 4.98 Å². The number of benzene rings is 4. The van der Waals surface area contributed by atoms with Crippen LogP contribution >= 0.6 is 0 Å². The van der Waals surface area contributed by atoms with Crippen LogP contribution in [0.15, 0.2) is 103 Å². The maximum atomic E-state index is 13.0. The van der Waals surface area contributed by atoms with Crippen molar-refractivity contribution in [3.05, 3.63) is 136 Å². The summed E-state index contributed by atoms with van der Waals surface area (Å²) >= 11 is 0. The maximum absolute atomic E-state index is 13.0. The van der Waals surface area contributed by atoms with E-state index in [1.165, 1.54) is 6.20 Å². The molecule has 3 atom stereocenters. The van der Waals surface area contributed by atoms with Gasteiger partial charge in [-0.3, -0.25) is 24.8 Å². The zero-order valence-corrected chi connectivity index (χ0v) is 26.7. The highest BCUT2D eigenvalue weighted by Crippen LogP contribution is 2.38. The topological polar surface area (TPSA) is 143 Å². The van der Waals surface area contributed by atoms with E-state index in [-0.39, 0.29) is 41.0 Å². The molecule has 2 fully saturated rings. The van der Waals surface area contributed by atoms with E-state index in [1.807, 2.05) is 72.8 Å². The molecule has 1 amide bonds. The van der Waals surface area contributed by atoms with Crippen molar-refractivity contribution >= 4 is 34.0 Å². The molecule has 49 heavy (non-hydrogen) atoms. The van der Waals surface area contributed by atoms with E-state index in [2.05, 4.69) is 25.1 Å². The predicted molar refractivity (Wildman–Crippen MR) is 184 cm³/mol. The van der Waals surface area contributed by atoms with E-state index in [4.69, 9.17) is 9.47 Å². The third kappa shape index (κ3) is 7.58. The number of nitro benzene ring substituents is 1. The van der Waals surface area contributed by atoms with Gasteiger partial charge in [0.05, 0.1) is 41.0 Å². The summed E-state index contributed by atoms with van der Waals surface area (Å²) in [5.74, 6) is -0.351. The van der Waals surface area contributed by atoms with Crippen LogP contribution in [0.25, 0.3) is 11.0 Å². The number of amides is 1. The third-order valence-electron chi connectivity index (χ3n) is 9.00. The number of hydrogen-bond donors (Lipinski definition) is 2. The number of piperazine rings is 1. The minimum Gasteiger partial charge on any atom is -0.392 e. The molecule has 250 valence electrons. The Bertz CT molecular complexity index is 1910. The van der Waals surface area contributed by atoms with Crippen LogP contribution in [0.4, 0.5) is 17.1 Å². The highest BCUT2D eigenvalue weighted by atomic mass is 16.7. The first kappa shape index (κ1) is 32.3. The van der Waals surface area contributed by atoms with E-state index >= 15 is 0 Å². The molecule has 2 aliphatic rings. The molecule has 3 heterocycles. The predicted octanol–water partition coefficient (Wildman–Crippen LogP) is 5.65. The quantitative estimate of drug-likeness (QED) is 0.150. The first-order chi connectivity index (χ1) is 23.9. The number of anilines is 2. The van der Waals surface area contributed by atoms with Gasteiger partial charge in [0.2, 0.25) is 0 Å². The summed E-state index contributed by atoms with van der Waals surface area (Å²) in [6.07, 6.45) is 1.18. The number of carbonyl (C=O) groups is 1. The van der Waals surface area contributed by atoms with Crippen LogP contribution in [0.2, 0.25) is 0 Å². The zero-order chi connectivity index (χ0) is 33.7. The molecular formula is C37H36N6O6. The van der Waals surface area contributed by atoms with Gasteiger partial charge in [-0.15, -0.1) is 0 Å². The SMILES string of the molecule is O=C(Nc1ccc([C@H]2O[C@@H](CN3CCN(c4ccc([N+](=O)[O-])cc4)CC3)C[C@@H](c3ccc(CO)cc3)O2)cc1)c1cnc2ccccc2n1. The normalized spacial score (nSPS) is 19.9. The molecule has 12 heteroatoms. The summed E-state index contributed by atoms with van der Waals surface area (Å²) in [6, 6.07) is 29.3. The molecule has 2 N–H and O–H groups in total. The first-order valence-electron chi connectivity index (χ1n) is 16.3. The summed E-state index contributed by atoms with van der Waals surface area (Å²) in [7, 11) is 0. The number of rotatable bonds is 9. The number of para-hydroxylation sites is 2.